The molecule has 3 aromatic heterocycles. The molecule has 0 spiro atoms. The first-order valence-corrected chi connectivity index (χ1v) is 11.8. The SMILES string of the molecule is Cc1ccc(-c2noc(CN3CCN(C(=O)Cc4csc(-c5cccnc5)n4)CC3)n2)cc1. The van der Waals surface area contributed by atoms with E-state index < -0.39 is 0 Å². The highest BCUT2D eigenvalue weighted by atomic mass is 32.1. The van der Waals surface area contributed by atoms with Crippen LogP contribution in [0, 0.1) is 6.92 Å². The summed E-state index contributed by atoms with van der Waals surface area (Å²) in [4.78, 5) is 30.2. The van der Waals surface area contributed by atoms with Crippen LogP contribution >= 0.6 is 11.3 Å². The number of pyridine rings is 1. The molecular formula is C24H24N6O2S. The van der Waals surface area contributed by atoms with Crippen molar-refractivity contribution in [3.05, 3.63) is 71.3 Å². The molecule has 0 aliphatic carbocycles. The van der Waals surface area contributed by atoms with Crippen molar-refractivity contribution in [2.75, 3.05) is 26.2 Å². The third kappa shape index (κ3) is 5.15. The average molecular weight is 461 g/mol. The lowest BCUT2D eigenvalue weighted by Gasteiger charge is -2.33. The first-order valence-electron chi connectivity index (χ1n) is 10.9. The van der Waals surface area contributed by atoms with E-state index in [9.17, 15) is 4.79 Å². The van der Waals surface area contributed by atoms with Gasteiger partial charge in [0.15, 0.2) is 0 Å². The third-order valence-electron chi connectivity index (χ3n) is 5.65. The van der Waals surface area contributed by atoms with Crippen molar-refractivity contribution in [2.24, 2.45) is 0 Å². The van der Waals surface area contributed by atoms with Crippen molar-refractivity contribution < 1.29 is 9.32 Å². The van der Waals surface area contributed by atoms with E-state index in [1.54, 1.807) is 23.7 Å². The third-order valence-corrected chi connectivity index (χ3v) is 6.59. The van der Waals surface area contributed by atoms with Crippen LogP contribution in [-0.2, 0) is 17.8 Å². The second-order valence-corrected chi connectivity index (χ2v) is 8.96. The summed E-state index contributed by atoms with van der Waals surface area (Å²) in [6.45, 7) is 5.53. The Labute approximate surface area is 195 Å². The molecule has 4 heterocycles. The summed E-state index contributed by atoms with van der Waals surface area (Å²) in [5, 5.41) is 6.95. The number of benzene rings is 1. The molecule has 168 valence electrons. The Hall–Kier alpha value is -3.43. The van der Waals surface area contributed by atoms with E-state index in [-0.39, 0.29) is 5.91 Å². The monoisotopic (exact) mass is 460 g/mol. The topological polar surface area (TPSA) is 88.3 Å². The number of amides is 1. The molecule has 1 fully saturated rings. The molecule has 0 unspecified atom stereocenters. The summed E-state index contributed by atoms with van der Waals surface area (Å²) in [7, 11) is 0. The summed E-state index contributed by atoms with van der Waals surface area (Å²) in [6.07, 6.45) is 3.85. The highest BCUT2D eigenvalue weighted by Gasteiger charge is 2.23. The fraction of sp³-hybridized carbons (Fsp3) is 0.292. The number of rotatable bonds is 6. The maximum atomic E-state index is 12.8. The van der Waals surface area contributed by atoms with Gasteiger partial charge in [0.05, 0.1) is 18.7 Å². The van der Waals surface area contributed by atoms with Gasteiger partial charge in [0.2, 0.25) is 17.6 Å². The van der Waals surface area contributed by atoms with E-state index >= 15 is 0 Å². The zero-order valence-corrected chi connectivity index (χ0v) is 19.2. The Kier molecular flexibility index (Phi) is 6.23. The van der Waals surface area contributed by atoms with Crippen LogP contribution in [0.25, 0.3) is 22.0 Å². The largest absolute Gasteiger partial charge is 0.340 e. The fourth-order valence-electron chi connectivity index (χ4n) is 3.76. The minimum Gasteiger partial charge on any atom is -0.340 e. The Balaban J connectivity index is 1.12. The number of piperazine rings is 1. The van der Waals surface area contributed by atoms with Gasteiger partial charge < -0.3 is 9.42 Å². The number of carbonyl (C=O) groups is 1. The van der Waals surface area contributed by atoms with Crippen LogP contribution in [0.1, 0.15) is 17.1 Å². The number of aromatic nitrogens is 4. The molecular weight excluding hydrogens is 436 g/mol. The molecule has 0 radical (unpaired) electrons. The predicted molar refractivity (Wildman–Crippen MR) is 125 cm³/mol. The molecule has 0 N–H and O–H groups in total. The summed E-state index contributed by atoms with van der Waals surface area (Å²) in [5.74, 6) is 1.31. The van der Waals surface area contributed by atoms with Gasteiger partial charge in [0.25, 0.3) is 0 Å². The van der Waals surface area contributed by atoms with Crippen LogP contribution in [0.4, 0.5) is 0 Å². The van der Waals surface area contributed by atoms with E-state index in [1.165, 1.54) is 5.56 Å². The minimum absolute atomic E-state index is 0.108. The van der Waals surface area contributed by atoms with Crippen LogP contribution in [0.2, 0.25) is 0 Å². The molecule has 9 heteroatoms. The van der Waals surface area contributed by atoms with E-state index in [2.05, 4.69) is 25.0 Å². The van der Waals surface area contributed by atoms with Crippen molar-refractivity contribution >= 4 is 17.2 Å². The molecule has 1 aromatic carbocycles. The van der Waals surface area contributed by atoms with Crippen molar-refractivity contribution in [2.45, 2.75) is 19.9 Å². The fourth-order valence-corrected chi connectivity index (χ4v) is 4.57. The number of nitrogens with zero attached hydrogens (tertiary/aromatic N) is 6. The van der Waals surface area contributed by atoms with Crippen LogP contribution in [0.5, 0.6) is 0 Å². The Bertz CT molecular complexity index is 1210. The number of carbonyl (C=O) groups excluding carboxylic acids is 1. The summed E-state index contributed by atoms with van der Waals surface area (Å²) in [6, 6.07) is 11.9. The van der Waals surface area contributed by atoms with Gasteiger partial charge in [0.1, 0.15) is 5.01 Å². The highest BCUT2D eigenvalue weighted by Crippen LogP contribution is 2.23. The van der Waals surface area contributed by atoms with Crippen LogP contribution in [0.15, 0.2) is 58.7 Å². The van der Waals surface area contributed by atoms with Crippen molar-refractivity contribution in [3.8, 4) is 22.0 Å². The van der Waals surface area contributed by atoms with Crippen molar-refractivity contribution in [3.63, 3.8) is 0 Å². The van der Waals surface area contributed by atoms with Crippen LogP contribution in [0.3, 0.4) is 0 Å². The highest BCUT2D eigenvalue weighted by molar-refractivity contribution is 7.13. The van der Waals surface area contributed by atoms with E-state index in [4.69, 9.17) is 4.52 Å². The van der Waals surface area contributed by atoms with Gasteiger partial charge in [-0.25, -0.2) is 4.98 Å². The van der Waals surface area contributed by atoms with Gasteiger partial charge in [-0.3, -0.25) is 14.7 Å². The Morgan fingerprint density at radius 3 is 2.64 bits per heavy atom. The molecule has 1 saturated heterocycles. The van der Waals surface area contributed by atoms with Crippen LogP contribution in [-0.4, -0.2) is 62.0 Å². The molecule has 5 rings (SSSR count). The minimum atomic E-state index is 0.108. The standard InChI is InChI=1S/C24H24N6O2S/c1-17-4-6-18(7-5-17)23-27-21(32-28-23)15-29-9-11-30(12-10-29)22(31)13-20-16-33-24(26-20)19-3-2-8-25-14-19/h2-8,14,16H,9-13,15H2,1H3. The first-order chi connectivity index (χ1) is 16.1. The lowest BCUT2D eigenvalue weighted by Crippen LogP contribution is -2.48. The predicted octanol–water partition coefficient (Wildman–Crippen LogP) is 3.45. The normalized spacial score (nSPS) is 14.5. The Morgan fingerprint density at radius 1 is 1.06 bits per heavy atom. The molecule has 4 aromatic rings. The maximum absolute atomic E-state index is 12.8. The smallest absolute Gasteiger partial charge is 0.241 e. The molecule has 8 nitrogen and oxygen atoms in total. The molecule has 0 atom stereocenters. The van der Waals surface area contributed by atoms with E-state index in [0.717, 1.165) is 34.9 Å². The van der Waals surface area contributed by atoms with Gasteiger partial charge >= 0.3 is 0 Å². The first kappa shape index (κ1) is 21.4. The summed E-state index contributed by atoms with van der Waals surface area (Å²) < 4.78 is 5.45. The van der Waals surface area contributed by atoms with Gasteiger partial charge in [-0.15, -0.1) is 11.3 Å². The van der Waals surface area contributed by atoms with Crippen molar-refractivity contribution in [1.82, 2.24) is 29.9 Å². The maximum Gasteiger partial charge on any atom is 0.241 e. The average Bonchev–Trinajstić information content (AvgIpc) is 3.51. The summed E-state index contributed by atoms with van der Waals surface area (Å²) in [5.41, 5.74) is 3.92. The molecule has 1 aliphatic rings. The number of hydrogen-bond donors (Lipinski definition) is 0. The second kappa shape index (κ2) is 9.60. The zero-order chi connectivity index (χ0) is 22.6. The molecule has 33 heavy (non-hydrogen) atoms. The number of thiazole rings is 1. The van der Waals surface area contributed by atoms with Gasteiger partial charge in [0, 0.05) is 55.1 Å². The van der Waals surface area contributed by atoms with Gasteiger partial charge in [-0.05, 0) is 19.1 Å². The van der Waals surface area contributed by atoms with E-state index in [0.29, 0.717) is 37.8 Å². The van der Waals surface area contributed by atoms with Gasteiger partial charge in [-0.1, -0.05) is 35.0 Å². The van der Waals surface area contributed by atoms with E-state index in [1.807, 2.05) is 53.6 Å². The molecule has 0 bridgehead atoms. The molecule has 1 amide bonds. The second-order valence-electron chi connectivity index (χ2n) is 8.10. The zero-order valence-electron chi connectivity index (χ0n) is 18.3. The van der Waals surface area contributed by atoms with Gasteiger partial charge in [-0.2, -0.15) is 4.98 Å². The van der Waals surface area contributed by atoms with Crippen molar-refractivity contribution in [1.29, 1.82) is 0 Å². The lowest BCUT2D eigenvalue weighted by atomic mass is 10.1. The molecule has 0 saturated carbocycles. The van der Waals surface area contributed by atoms with Crippen LogP contribution < -0.4 is 0 Å². The number of hydrogen-bond acceptors (Lipinski definition) is 8. The Morgan fingerprint density at radius 2 is 1.88 bits per heavy atom. The lowest BCUT2D eigenvalue weighted by molar-refractivity contribution is -0.132. The molecule has 1 aliphatic heterocycles. The summed E-state index contributed by atoms with van der Waals surface area (Å²) >= 11 is 1.54. The quantitative estimate of drug-likeness (QED) is 0.435. The number of aryl methyl sites for hydroxylation is 1.